The van der Waals surface area contributed by atoms with Crippen LogP contribution in [0.1, 0.15) is 12.8 Å². The molecule has 0 atom stereocenters. The van der Waals surface area contributed by atoms with E-state index in [2.05, 4.69) is 4.72 Å². The van der Waals surface area contributed by atoms with Crippen LogP contribution in [-0.4, -0.2) is 20.9 Å². The highest BCUT2D eigenvalue weighted by Crippen LogP contribution is 2.21. The average Bonchev–Trinajstić information content (AvgIpc) is 2.28. The van der Waals surface area contributed by atoms with Gasteiger partial charge >= 0.3 is 0 Å². The highest BCUT2D eigenvalue weighted by Gasteiger charge is 2.14. The molecule has 18 heavy (non-hydrogen) atoms. The third kappa shape index (κ3) is 4.17. The number of nitrogens with two attached hydrogens (primary N) is 2. The number of benzene rings is 1. The SMILES string of the molecule is NC(=O)CCCNS(=O)(=O)c1ccc(Cl)c(N)c1. The Morgan fingerprint density at radius 1 is 1.39 bits per heavy atom. The first-order valence-electron chi connectivity index (χ1n) is 5.16. The van der Waals surface area contributed by atoms with Gasteiger partial charge in [-0.3, -0.25) is 4.79 Å². The Labute approximate surface area is 110 Å². The second-order valence-corrected chi connectivity index (χ2v) is 5.83. The maximum atomic E-state index is 11.8. The molecule has 0 saturated carbocycles. The molecular formula is C10H14ClN3O3S. The van der Waals surface area contributed by atoms with E-state index in [0.29, 0.717) is 11.4 Å². The summed E-state index contributed by atoms with van der Waals surface area (Å²) >= 11 is 5.70. The van der Waals surface area contributed by atoms with Crippen LogP contribution in [0.5, 0.6) is 0 Å². The van der Waals surface area contributed by atoms with Crippen molar-refractivity contribution in [3.8, 4) is 0 Å². The van der Waals surface area contributed by atoms with Gasteiger partial charge in [0.15, 0.2) is 0 Å². The zero-order valence-electron chi connectivity index (χ0n) is 9.52. The number of halogens is 1. The molecule has 0 saturated heterocycles. The minimum atomic E-state index is -3.64. The molecular weight excluding hydrogens is 278 g/mol. The summed E-state index contributed by atoms with van der Waals surface area (Å²) in [6, 6.07) is 4.04. The molecule has 1 rings (SSSR count). The third-order valence-corrected chi connectivity index (χ3v) is 3.97. The van der Waals surface area contributed by atoms with Crippen molar-refractivity contribution in [3.63, 3.8) is 0 Å². The van der Waals surface area contributed by atoms with Gasteiger partial charge in [-0.1, -0.05) is 11.6 Å². The lowest BCUT2D eigenvalue weighted by molar-refractivity contribution is -0.118. The van der Waals surface area contributed by atoms with Gasteiger partial charge in [-0.25, -0.2) is 13.1 Å². The van der Waals surface area contributed by atoms with Gasteiger partial charge < -0.3 is 11.5 Å². The van der Waals surface area contributed by atoms with Crippen LogP contribution in [0.15, 0.2) is 23.1 Å². The number of carbonyl (C=O) groups excluding carboxylic acids is 1. The fraction of sp³-hybridized carbons (Fsp3) is 0.300. The fourth-order valence-electron chi connectivity index (χ4n) is 1.24. The van der Waals surface area contributed by atoms with Crippen LogP contribution in [0.25, 0.3) is 0 Å². The molecule has 0 radical (unpaired) electrons. The monoisotopic (exact) mass is 291 g/mol. The van der Waals surface area contributed by atoms with Crippen molar-refractivity contribution in [1.82, 2.24) is 4.72 Å². The van der Waals surface area contributed by atoms with E-state index in [1.165, 1.54) is 18.2 Å². The van der Waals surface area contributed by atoms with E-state index < -0.39 is 15.9 Å². The molecule has 0 aliphatic carbocycles. The zero-order chi connectivity index (χ0) is 13.8. The van der Waals surface area contributed by atoms with Crippen LogP contribution >= 0.6 is 11.6 Å². The summed E-state index contributed by atoms with van der Waals surface area (Å²) in [4.78, 5) is 10.5. The lowest BCUT2D eigenvalue weighted by atomic mass is 10.3. The van der Waals surface area contributed by atoms with Crippen molar-refractivity contribution in [1.29, 1.82) is 0 Å². The molecule has 0 fully saturated rings. The second-order valence-electron chi connectivity index (χ2n) is 3.65. The number of hydrogen-bond donors (Lipinski definition) is 3. The number of hydrogen-bond acceptors (Lipinski definition) is 4. The van der Waals surface area contributed by atoms with Crippen molar-refractivity contribution in [2.75, 3.05) is 12.3 Å². The highest BCUT2D eigenvalue weighted by atomic mass is 35.5. The number of amides is 1. The quantitative estimate of drug-likeness (QED) is 0.522. The summed E-state index contributed by atoms with van der Waals surface area (Å²) in [6.07, 6.45) is 0.475. The van der Waals surface area contributed by atoms with Crippen molar-refractivity contribution in [3.05, 3.63) is 23.2 Å². The summed E-state index contributed by atoms with van der Waals surface area (Å²) in [5, 5.41) is 0.294. The van der Waals surface area contributed by atoms with E-state index >= 15 is 0 Å². The first kappa shape index (κ1) is 14.7. The predicted molar refractivity (Wildman–Crippen MR) is 69.5 cm³/mol. The number of rotatable bonds is 6. The number of sulfonamides is 1. The van der Waals surface area contributed by atoms with Crippen molar-refractivity contribution < 1.29 is 13.2 Å². The van der Waals surface area contributed by atoms with Gasteiger partial charge in [0.05, 0.1) is 15.6 Å². The Bertz CT molecular complexity index is 545. The summed E-state index contributed by atoms with van der Waals surface area (Å²) < 4.78 is 26.0. The van der Waals surface area contributed by atoms with E-state index in [9.17, 15) is 13.2 Å². The molecule has 1 aromatic carbocycles. The van der Waals surface area contributed by atoms with Crippen LogP contribution in [0.2, 0.25) is 5.02 Å². The minimum Gasteiger partial charge on any atom is -0.397 e. The number of anilines is 1. The lowest BCUT2D eigenvalue weighted by Gasteiger charge is -2.07. The molecule has 0 bridgehead atoms. The highest BCUT2D eigenvalue weighted by molar-refractivity contribution is 7.89. The molecule has 0 aliphatic heterocycles. The van der Waals surface area contributed by atoms with Gasteiger partial charge in [-0.15, -0.1) is 0 Å². The van der Waals surface area contributed by atoms with Gasteiger partial charge in [0.25, 0.3) is 0 Å². The number of nitrogens with one attached hydrogen (secondary N) is 1. The minimum absolute atomic E-state index is 0.0310. The Morgan fingerprint density at radius 2 is 2.06 bits per heavy atom. The smallest absolute Gasteiger partial charge is 0.240 e. The Balaban J connectivity index is 2.68. The molecule has 0 heterocycles. The van der Waals surface area contributed by atoms with Crippen LogP contribution in [0.4, 0.5) is 5.69 Å². The molecule has 8 heteroatoms. The standard InChI is InChI=1S/C10H14ClN3O3S/c11-8-4-3-7(6-9(8)12)18(16,17)14-5-1-2-10(13)15/h3-4,6,14H,1-2,5,12H2,(H2,13,15). The number of primary amides is 1. The third-order valence-electron chi connectivity index (χ3n) is 2.17. The fourth-order valence-corrected chi connectivity index (χ4v) is 2.47. The molecule has 1 amide bonds. The van der Waals surface area contributed by atoms with E-state index in [1.807, 2.05) is 0 Å². The Kier molecular flexibility index (Phi) is 4.94. The molecule has 6 nitrogen and oxygen atoms in total. The topological polar surface area (TPSA) is 115 Å². The maximum absolute atomic E-state index is 11.8. The zero-order valence-corrected chi connectivity index (χ0v) is 11.1. The number of nitrogen functional groups attached to an aromatic ring is 1. The maximum Gasteiger partial charge on any atom is 0.240 e. The largest absolute Gasteiger partial charge is 0.397 e. The van der Waals surface area contributed by atoms with Crippen molar-refractivity contribution in [2.24, 2.45) is 5.73 Å². The van der Waals surface area contributed by atoms with Gasteiger partial charge in [-0.2, -0.15) is 0 Å². The van der Waals surface area contributed by atoms with Crippen LogP contribution < -0.4 is 16.2 Å². The van der Waals surface area contributed by atoms with Crippen molar-refractivity contribution >= 4 is 33.2 Å². The van der Waals surface area contributed by atoms with Gasteiger partial charge in [-0.05, 0) is 24.6 Å². The van der Waals surface area contributed by atoms with Crippen LogP contribution in [0, 0.1) is 0 Å². The summed E-state index contributed by atoms with van der Waals surface area (Å²) in [6.45, 7) is 0.133. The molecule has 0 aliphatic rings. The van der Waals surface area contributed by atoms with E-state index in [0.717, 1.165) is 0 Å². The van der Waals surface area contributed by atoms with E-state index in [4.69, 9.17) is 23.1 Å². The number of carbonyl (C=O) groups is 1. The van der Waals surface area contributed by atoms with Gasteiger partial charge in [0.2, 0.25) is 15.9 Å². The molecule has 100 valence electrons. The average molecular weight is 292 g/mol. The van der Waals surface area contributed by atoms with Crippen LogP contribution in [-0.2, 0) is 14.8 Å². The van der Waals surface area contributed by atoms with Gasteiger partial charge in [0, 0.05) is 13.0 Å². The first-order chi connectivity index (χ1) is 8.33. The summed E-state index contributed by atoms with van der Waals surface area (Å²) in [5.41, 5.74) is 10.7. The summed E-state index contributed by atoms with van der Waals surface area (Å²) in [5.74, 6) is -0.468. The molecule has 0 aromatic heterocycles. The second kappa shape index (κ2) is 6.03. The molecule has 0 spiro atoms. The predicted octanol–water partition coefficient (Wildman–Crippen LogP) is 0.466. The normalized spacial score (nSPS) is 11.4. The molecule has 5 N–H and O–H groups in total. The first-order valence-corrected chi connectivity index (χ1v) is 7.02. The Hall–Kier alpha value is -1.31. The van der Waals surface area contributed by atoms with Crippen LogP contribution in [0.3, 0.4) is 0 Å². The van der Waals surface area contributed by atoms with Gasteiger partial charge in [0.1, 0.15) is 0 Å². The van der Waals surface area contributed by atoms with E-state index in [1.54, 1.807) is 0 Å². The van der Waals surface area contributed by atoms with Crippen molar-refractivity contribution in [2.45, 2.75) is 17.7 Å². The molecule has 1 aromatic rings. The Morgan fingerprint density at radius 3 is 2.61 bits per heavy atom. The molecule has 0 unspecified atom stereocenters. The van der Waals surface area contributed by atoms with E-state index in [-0.39, 0.29) is 23.5 Å². The lowest BCUT2D eigenvalue weighted by Crippen LogP contribution is -2.26. The summed E-state index contributed by atoms with van der Waals surface area (Å²) in [7, 11) is -3.64.